The lowest BCUT2D eigenvalue weighted by Gasteiger charge is -2.44. The summed E-state index contributed by atoms with van der Waals surface area (Å²) in [5, 5.41) is 0. The van der Waals surface area contributed by atoms with Crippen LogP contribution in [0, 0.1) is 0 Å². The number of rotatable bonds is 8. The van der Waals surface area contributed by atoms with E-state index in [1.165, 1.54) is 40.0 Å². The number of hydrogen-bond acceptors (Lipinski definition) is 13. The number of hydrogen-bond donors (Lipinski definition) is 0. The SMILES string of the molecule is CC(=O)OC[C@H]1O[C@@H](O[C@H]2[C@H](OC(C)=O)C=CO[C@@H]2COC(C)=O)C(OC(C)=O)[C@H]2OC(C)(C)O[C@H]21. The molecule has 13 heteroatoms. The monoisotopic (exact) mass is 516 g/mol. The molecule has 8 atom stereocenters. The summed E-state index contributed by atoms with van der Waals surface area (Å²) in [6.45, 7) is 7.89. The van der Waals surface area contributed by atoms with Crippen LogP contribution in [0.4, 0.5) is 0 Å². The third kappa shape index (κ3) is 7.15. The van der Waals surface area contributed by atoms with Gasteiger partial charge in [0.15, 0.2) is 30.4 Å². The molecule has 3 aliphatic heterocycles. The van der Waals surface area contributed by atoms with Gasteiger partial charge in [-0.15, -0.1) is 0 Å². The normalized spacial score (nSPS) is 34.6. The highest BCUT2D eigenvalue weighted by Gasteiger charge is 2.58. The van der Waals surface area contributed by atoms with Crippen LogP contribution in [0.1, 0.15) is 41.5 Å². The first-order chi connectivity index (χ1) is 16.9. The summed E-state index contributed by atoms with van der Waals surface area (Å²) >= 11 is 0. The third-order valence-electron chi connectivity index (χ3n) is 5.44. The molecule has 0 radical (unpaired) electrons. The predicted octanol–water partition coefficient (Wildman–Crippen LogP) is 0.519. The lowest BCUT2D eigenvalue weighted by Crippen LogP contribution is -2.61. The molecule has 3 rings (SSSR count). The van der Waals surface area contributed by atoms with Crippen molar-refractivity contribution in [3.8, 4) is 0 Å². The van der Waals surface area contributed by atoms with Crippen LogP contribution in [0.5, 0.6) is 0 Å². The fraction of sp³-hybridized carbons (Fsp3) is 0.739. The summed E-state index contributed by atoms with van der Waals surface area (Å²) in [5.74, 6) is -3.36. The van der Waals surface area contributed by atoms with Gasteiger partial charge in [0.25, 0.3) is 0 Å². The lowest BCUT2D eigenvalue weighted by atomic mass is 9.98. The van der Waals surface area contributed by atoms with Gasteiger partial charge in [-0.2, -0.15) is 0 Å². The molecule has 13 nitrogen and oxygen atoms in total. The van der Waals surface area contributed by atoms with E-state index in [2.05, 4.69) is 0 Å². The highest BCUT2D eigenvalue weighted by Crippen LogP contribution is 2.40. The molecule has 202 valence electrons. The Morgan fingerprint density at radius 3 is 1.94 bits per heavy atom. The summed E-state index contributed by atoms with van der Waals surface area (Å²) in [6.07, 6.45) is -4.96. The summed E-state index contributed by atoms with van der Waals surface area (Å²) in [7, 11) is 0. The number of ether oxygens (including phenoxy) is 9. The minimum absolute atomic E-state index is 0.187. The Morgan fingerprint density at radius 1 is 0.778 bits per heavy atom. The van der Waals surface area contributed by atoms with Crippen LogP contribution in [0.2, 0.25) is 0 Å². The average Bonchev–Trinajstić information content (AvgIpc) is 3.08. The van der Waals surface area contributed by atoms with Crippen LogP contribution in [-0.4, -0.2) is 91.9 Å². The topological polar surface area (TPSA) is 151 Å². The molecule has 2 saturated heterocycles. The maximum atomic E-state index is 12.0. The largest absolute Gasteiger partial charge is 0.492 e. The molecule has 0 N–H and O–H groups in total. The van der Waals surface area contributed by atoms with Gasteiger partial charge < -0.3 is 42.6 Å². The van der Waals surface area contributed by atoms with Crippen molar-refractivity contribution in [3.05, 3.63) is 12.3 Å². The van der Waals surface area contributed by atoms with Gasteiger partial charge in [-0.05, 0) is 19.9 Å². The van der Waals surface area contributed by atoms with E-state index in [1.54, 1.807) is 13.8 Å². The van der Waals surface area contributed by atoms with Crippen LogP contribution < -0.4 is 0 Å². The first-order valence-corrected chi connectivity index (χ1v) is 11.5. The van der Waals surface area contributed by atoms with Crippen molar-refractivity contribution < 1.29 is 61.8 Å². The van der Waals surface area contributed by atoms with Crippen molar-refractivity contribution in [1.29, 1.82) is 0 Å². The first kappa shape index (κ1) is 27.8. The van der Waals surface area contributed by atoms with Crippen molar-refractivity contribution >= 4 is 23.9 Å². The first-order valence-electron chi connectivity index (χ1n) is 11.5. The van der Waals surface area contributed by atoms with Gasteiger partial charge in [0, 0.05) is 27.7 Å². The quantitative estimate of drug-likeness (QED) is 0.326. The van der Waals surface area contributed by atoms with Crippen molar-refractivity contribution in [3.63, 3.8) is 0 Å². The Morgan fingerprint density at radius 2 is 1.36 bits per heavy atom. The van der Waals surface area contributed by atoms with Gasteiger partial charge in [-0.3, -0.25) is 19.2 Å². The standard InChI is InChI=1S/C23H32O13/c1-11(24)29-9-16-18(15(7-8-28-16)31-13(3)26)34-22-21(32-14(4)27)20-19(35-23(5,6)36-20)17(33-22)10-30-12(2)25/h7-8,15-22H,9-10H2,1-6H3/t15-,16-,17-,18+,19+,20+,21?,22+/m1/s1. The lowest BCUT2D eigenvalue weighted by molar-refractivity contribution is -0.313. The van der Waals surface area contributed by atoms with Gasteiger partial charge in [0.1, 0.15) is 37.6 Å². The Hall–Kier alpha value is -2.74. The summed E-state index contributed by atoms with van der Waals surface area (Å²) in [5.41, 5.74) is 0. The Bertz CT molecular complexity index is 868. The van der Waals surface area contributed by atoms with E-state index in [4.69, 9.17) is 42.6 Å². The molecule has 1 unspecified atom stereocenters. The van der Waals surface area contributed by atoms with Crippen molar-refractivity contribution in [2.24, 2.45) is 0 Å². The van der Waals surface area contributed by atoms with Crippen LogP contribution >= 0.6 is 0 Å². The van der Waals surface area contributed by atoms with Crippen LogP contribution in [0.25, 0.3) is 0 Å². The molecule has 0 saturated carbocycles. The van der Waals surface area contributed by atoms with E-state index in [0.29, 0.717) is 0 Å². The Kier molecular flexibility index (Phi) is 8.93. The molecule has 0 aromatic carbocycles. The van der Waals surface area contributed by atoms with Gasteiger partial charge in [-0.1, -0.05) is 0 Å². The minimum Gasteiger partial charge on any atom is -0.492 e. The summed E-state index contributed by atoms with van der Waals surface area (Å²) < 4.78 is 50.9. The van der Waals surface area contributed by atoms with E-state index in [-0.39, 0.29) is 13.2 Å². The second-order valence-corrected chi connectivity index (χ2v) is 8.96. The molecule has 3 aliphatic rings. The van der Waals surface area contributed by atoms with Gasteiger partial charge in [0.2, 0.25) is 0 Å². The fourth-order valence-electron chi connectivity index (χ4n) is 4.17. The Labute approximate surface area is 208 Å². The smallest absolute Gasteiger partial charge is 0.303 e. The van der Waals surface area contributed by atoms with E-state index in [9.17, 15) is 19.2 Å². The molecular weight excluding hydrogens is 484 g/mol. The number of carbonyl (C=O) groups is 4. The number of esters is 4. The van der Waals surface area contributed by atoms with Gasteiger partial charge in [-0.25, -0.2) is 0 Å². The molecular formula is C23H32O13. The van der Waals surface area contributed by atoms with Crippen molar-refractivity contribution in [2.45, 2.75) is 96.3 Å². The van der Waals surface area contributed by atoms with E-state index >= 15 is 0 Å². The highest BCUT2D eigenvalue weighted by molar-refractivity contribution is 5.67. The molecule has 0 aromatic heterocycles. The van der Waals surface area contributed by atoms with Crippen LogP contribution in [-0.2, 0) is 61.8 Å². The van der Waals surface area contributed by atoms with E-state index in [0.717, 1.165) is 0 Å². The molecule has 36 heavy (non-hydrogen) atoms. The average molecular weight is 516 g/mol. The third-order valence-corrected chi connectivity index (χ3v) is 5.44. The second-order valence-electron chi connectivity index (χ2n) is 8.96. The highest BCUT2D eigenvalue weighted by atomic mass is 16.8. The van der Waals surface area contributed by atoms with Gasteiger partial charge >= 0.3 is 23.9 Å². The molecule has 0 aromatic rings. The zero-order valence-electron chi connectivity index (χ0n) is 21.0. The summed E-state index contributed by atoms with van der Waals surface area (Å²) in [4.78, 5) is 46.6. The van der Waals surface area contributed by atoms with Gasteiger partial charge in [0.05, 0.1) is 6.26 Å². The number of carbonyl (C=O) groups excluding carboxylic acids is 4. The zero-order chi connectivity index (χ0) is 26.6. The molecule has 0 bridgehead atoms. The molecule has 2 fully saturated rings. The van der Waals surface area contributed by atoms with Crippen LogP contribution in [0.15, 0.2) is 12.3 Å². The fourth-order valence-corrected chi connectivity index (χ4v) is 4.17. The molecule has 0 spiro atoms. The molecule has 3 heterocycles. The number of fused-ring (bicyclic) bond motifs is 1. The van der Waals surface area contributed by atoms with Crippen molar-refractivity contribution in [2.75, 3.05) is 13.2 Å². The predicted molar refractivity (Wildman–Crippen MR) is 116 cm³/mol. The Balaban J connectivity index is 1.91. The second kappa shape index (κ2) is 11.5. The molecule has 0 amide bonds. The van der Waals surface area contributed by atoms with Crippen LogP contribution in [0.3, 0.4) is 0 Å². The maximum absolute atomic E-state index is 12.0. The maximum Gasteiger partial charge on any atom is 0.303 e. The van der Waals surface area contributed by atoms with E-state index < -0.39 is 78.7 Å². The summed E-state index contributed by atoms with van der Waals surface area (Å²) in [6, 6.07) is 0. The van der Waals surface area contributed by atoms with E-state index in [1.807, 2.05) is 0 Å². The zero-order valence-corrected chi connectivity index (χ0v) is 21.0. The minimum atomic E-state index is -1.29. The molecule has 0 aliphatic carbocycles. The van der Waals surface area contributed by atoms with Crippen molar-refractivity contribution in [1.82, 2.24) is 0 Å².